The molecule has 2 aromatic heterocycles. The van der Waals surface area contributed by atoms with Crippen LogP contribution in [-0.2, 0) is 6.42 Å². The Morgan fingerprint density at radius 2 is 1.06 bits per heavy atom. The normalized spacial score (nSPS) is 13.6. The Bertz CT molecular complexity index is 2980. The molecular formula is C51H36N2. The first-order valence-electron chi connectivity index (χ1n) is 18.7. The van der Waals surface area contributed by atoms with Gasteiger partial charge in [0.05, 0.1) is 27.8 Å². The van der Waals surface area contributed by atoms with E-state index >= 15 is 0 Å². The van der Waals surface area contributed by atoms with Crippen LogP contribution in [0.3, 0.4) is 0 Å². The zero-order chi connectivity index (χ0) is 34.9. The molecule has 1 aliphatic rings. The van der Waals surface area contributed by atoms with Crippen LogP contribution in [0.4, 0.5) is 0 Å². The molecule has 0 bridgehead atoms. The third-order valence-electron chi connectivity index (χ3n) is 11.6. The van der Waals surface area contributed by atoms with Crippen molar-refractivity contribution >= 4 is 43.6 Å². The number of aryl methyl sites for hydroxylation is 1. The highest BCUT2D eigenvalue weighted by molar-refractivity contribution is 6.26. The van der Waals surface area contributed by atoms with Crippen molar-refractivity contribution < 1.29 is 0 Å². The number of hydrogen-bond donors (Lipinski definition) is 0. The monoisotopic (exact) mass is 676 g/mol. The predicted molar refractivity (Wildman–Crippen MR) is 223 cm³/mol. The molecule has 0 saturated heterocycles. The van der Waals surface area contributed by atoms with Crippen molar-refractivity contribution in [1.29, 1.82) is 0 Å². The fourth-order valence-corrected chi connectivity index (χ4v) is 9.28. The molecule has 2 nitrogen and oxygen atoms in total. The average molecular weight is 677 g/mol. The van der Waals surface area contributed by atoms with E-state index in [1.165, 1.54) is 88.2 Å². The number of para-hydroxylation sites is 2. The number of hydrogen-bond acceptors (Lipinski definition) is 0. The summed E-state index contributed by atoms with van der Waals surface area (Å²) in [5.74, 6) is 0.289. The van der Waals surface area contributed by atoms with Crippen molar-refractivity contribution in [2.45, 2.75) is 18.8 Å². The lowest BCUT2D eigenvalue weighted by atomic mass is 9.89. The van der Waals surface area contributed by atoms with Crippen molar-refractivity contribution in [2.24, 2.45) is 0 Å². The van der Waals surface area contributed by atoms with Gasteiger partial charge in [0.25, 0.3) is 0 Å². The maximum atomic E-state index is 2.60. The van der Waals surface area contributed by atoms with Gasteiger partial charge < -0.3 is 9.13 Å². The van der Waals surface area contributed by atoms with E-state index in [-0.39, 0.29) is 5.92 Å². The van der Waals surface area contributed by atoms with Crippen LogP contribution in [0.25, 0.3) is 77.2 Å². The molecule has 53 heavy (non-hydrogen) atoms. The van der Waals surface area contributed by atoms with Gasteiger partial charge in [0, 0.05) is 33.2 Å². The standard InChI is InChI=1S/C51H36N2/c1-3-14-34(15-4-1)26-31-42-39-19-8-7-18-38(39)41-22-13-25-47(49(41)42)53-45-23-11-9-20-40(45)43-32-33-48-50(51(43)53)44-21-10-12-24-46(44)52(48)37-29-27-36(28-30-37)35-16-5-2-6-17-35/h1-25,27-30,32-33,42H,26,31H2. The Morgan fingerprint density at radius 3 is 1.87 bits per heavy atom. The van der Waals surface area contributed by atoms with Gasteiger partial charge in [-0.3, -0.25) is 0 Å². The van der Waals surface area contributed by atoms with Gasteiger partial charge in [-0.15, -0.1) is 0 Å². The van der Waals surface area contributed by atoms with Gasteiger partial charge in [-0.05, 0) is 88.2 Å². The van der Waals surface area contributed by atoms with Gasteiger partial charge in [0.2, 0.25) is 0 Å². The molecule has 0 aliphatic heterocycles. The molecule has 11 rings (SSSR count). The van der Waals surface area contributed by atoms with Crippen LogP contribution in [0.2, 0.25) is 0 Å². The molecule has 250 valence electrons. The van der Waals surface area contributed by atoms with E-state index in [1.54, 1.807) is 0 Å². The number of rotatable bonds is 6. The number of fused-ring (bicyclic) bond motifs is 10. The predicted octanol–water partition coefficient (Wildman–Crippen LogP) is 13.3. The summed E-state index contributed by atoms with van der Waals surface area (Å²) in [5, 5.41) is 5.11. The molecule has 0 fully saturated rings. The van der Waals surface area contributed by atoms with Crippen LogP contribution >= 0.6 is 0 Å². The maximum Gasteiger partial charge on any atom is 0.0641 e. The molecule has 10 aromatic rings. The molecule has 0 N–H and O–H groups in total. The molecule has 0 amide bonds. The average Bonchev–Trinajstić information content (AvgIpc) is 3.86. The van der Waals surface area contributed by atoms with E-state index in [0.29, 0.717) is 0 Å². The van der Waals surface area contributed by atoms with Crippen LogP contribution < -0.4 is 0 Å². The van der Waals surface area contributed by atoms with E-state index < -0.39 is 0 Å². The lowest BCUT2D eigenvalue weighted by molar-refractivity contribution is 0.726. The summed E-state index contributed by atoms with van der Waals surface area (Å²) >= 11 is 0. The van der Waals surface area contributed by atoms with Crippen molar-refractivity contribution in [3.8, 4) is 33.6 Å². The molecule has 1 atom stereocenters. The highest BCUT2D eigenvalue weighted by atomic mass is 15.0. The number of nitrogens with zero attached hydrogens (tertiary/aromatic N) is 2. The minimum absolute atomic E-state index is 0.289. The summed E-state index contributed by atoms with van der Waals surface area (Å²) in [4.78, 5) is 0. The van der Waals surface area contributed by atoms with Crippen molar-refractivity contribution in [2.75, 3.05) is 0 Å². The summed E-state index contributed by atoms with van der Waals surface area (Å²) in [7, 11) is 0. The Labute approximate surface area is 308 Å². The van der Waals surface area contributed by atoms with E-state index in [4.69, 9.17) is 0 Å². The first kappa shape index (κ1) is 30.0. The Morgan fingerprint density at radius 1 is 0.415 bits per heavy atom. The summed E-state index contributed by atoms with van der Waals surface area (Å²) in [6.07, 6.45) is 2.08. The third-order valence-corrected chi connectivity index (χ3v) is 11.6. The van der Waals surface area contributed by atoms with Gasteiger partial charge in [0.1, 0.15) is 0 Å². The minimum Gasteiger partial charge on any atom is -0.309 e. The minimum atomic E-state index is 0.289. The zero-order valence-electron chi connectivity index (χ0n) is 29.3. The highest BCUT2D eigenvalue weighted by Gasteiger charge is 2.32. The largest absolute Gasteiger partial charge is 0.309 e. The Kier molecular flexibility index (Phi) is 6.78. The molecule has 8 aromatic carbocycles. The van der Waals surface area contributed by atoms with Crippen molar-refractivity contribution in [3.05, 3.63) is 205 Å². The quantitative estimate of drug-likeness (QED) is 0.166. The van der Waals surface area contributed by atoms with Crippen LogP contribution in [0.5, 0.6) is 0 Å². The highest BCUT2D eigenvalue weighted by Crippen LogP contribution is 2.51. The van der Waals surface area contributed by atoms with Gasteiger partial charge >= 0.3 is 0 Å². The Hall–Kier alpha value is -6.64. The molecular weight excluding hydrogens is 641 g/mol. The summed E-state index contributed by atoms with van der Waals surface area (Å²) in [6, 6.07) is 69.3. The third kappa shape index (κ3) is 4.59. The second-order valence-corrected chi connectivity index (χ2v) is 14.4. The summed E-state index contributed by atoms with van der Waals surface area (Å²) in [5.41, 5.74) is 16.8. The van der Waals surface area contributed by atoms with Crippen LogP contribution in [-0.4, -0.2) is 9.13 Å². The lowest BCUT2D eigenvalue weighted by Crippen LogP contribution is -2.05. The van der Waals surface area contributed by atoms with Crippen molar-refractivity contribution in [3.63, 3.8) is 0 Å². The zero-order valence-corrected chi connectivity index (χ0v) is 29.3. The topological polar surface area (TPSA) is 9.86 Å². The summed E-state index contributed by atoms with van der Waals surface area (Å²) < 4.78 is 5.05. The molecule has 2 heteroatoms. The smallest absolute Gasteiger partial charge is 0.0641 e. The molecule has 0 saturated carbocycles. The van der Waals surface area contributed by atoms with E-state index in [9.17, 15) is 0 Å². The molecule has 2 heterocycles. The van der Waals surface area contributed by atoms with Crippen LogP contribution in [0.15, 0.2) is 188 Å². The fourth-order valence-electron chi connectivity index (χ4n) is 9.28. The van der Waals surface area contributed by atoms with Gasteiger partial charge in [-0.25, -0.2) is 0 Å². The van der Waals surface area contributed by atoms with Crippen LogP contribution in [0.1, 0.15) is 29.0 Å². The first-order valence-corrected chi connectivity index (χ1v) is 18.7. The fraction of sp³-hybridized carbons (Fsp3) is 0.0588. The van der Waals surface area contributed by atoms with E-state index in [1.807, 2.05) is 0 Å². The number of aromatic nitrogens is 2. The number of benzene rings is 8. The van der Waals surface area contributed by atoms with Gasteiger partial charge in [-0.2, -0.15) is 0 Å². The summed E-state index contributed by atoms with van der Waals surface area (Å²) in [6.45, 7) is 0. The molecule has 0 spiro atoms. The SMILES string of the molecule is c1ccc(CCC2c3ccccc3-c3cccc(-n4c5ccccc5c5ccc6c(c7ccccc7n6-c6ccc(-c7ccccc7)cc6)c54)c32)cc1. The van der Waals surface area contributed by atoms with E-state index in [0.717, 1.165) is 18.5 Å². The Balaban J connectivity index is 1.18. The molecule has 1 unspecified atom stereocenters. The molecule has 1 aliphatic carbocycles. The second-order valence-electron chi connectivity index (χ2n) is 14.4. The van der Waals surface area contributed by atoms with Crippen molar-refractivity contribution in [1.82, 2.24) is 9.13 Å². The lowest BCUT2D eigenvalue weighted by Gasteiger charge is -2.20. The van der Waals surface area contributed by atoms with E-state index in [2.05, 4.69) is 197 Å². The maximum absolute atomic E-state index is 2.60. The van der Waals surface area contributed by atoms with Crippen LogP contribution in [0, 0.1) is 0 Å². The molecule has 0 radical (unpaired) electrons. The van der Waals surface area contributed by atoms with Gasteiger partial charge in [-0.1, -0.05) is 152 Å². The van der Waals surface area contributed by atoms with Gasteiger partial charge in [0.15, 0.2) is 0 Å². The second kappa shape index (κ2) is 12.0. The first-order chi connectivity index (χ1) is 26.3.